The van der Waals surface area contributed by atoms with Crippen molar-refractivity contribution in [3.63, 3.8) is 0 Å². The van der Waals surface area contributed by atoms with Crippen molar-refractivity contribution in [1.82, 2.24) is 4.57 Å². The summed E-state index contributed by atoms with van der Waals surface area (Å²) in [6.07, 6.45) is 1.60. The Morgan fingerprint density at radius 1 is 1.17 bits per heavy atom. The molecule has 13 heteroatoms. The Morgan fingerprint density at radius 2 is 1.93 bits per heavy atom. The maximum atomic E-state index is 13.9. The standard InChI is InChI=1S/C29H24BrN3O8S/c1-5-40-28(35)25-15(2)31-29-32(26(25)16-6-10-22(38-3)23(12-16)39-4)27(34)24(42-29)14-18-8-11-21(41-18)19-9-7-17(33(36)37)13-20(19)30/h6-14,26H,5H2,1-4H3/b24-14-/t26-/m0/s1. The van der Waals surface area contributed by atoms with Gasteiger partial charge < -0.3 is 18.6 Å². The minimum atomic E-state index is -0.828. The number of hydrogen-bond acceptors (Lipinski definition) is 10. The van der Waals surface area contributed by atoms with Crippen LogP contribution in [0, 0.1) is 10.1 Å². The maximum Gasteiger partial charge on any atom is 0.338 e. The van der Waals surface area contributed by atoms with Crippen LogP contribution >= 0.6 is 27.3 Å². The first-order valence-electron chi connectivity index (χ1n) is 12.6. The van der Waals surface area contributed by atoms with Crippen LogP contribution in [0.3, 0.4) is 0 Å². The van der Waals surface area contributed by atoms with Gasteiger partial charge in [0.1, 0.15) is 11.5 Å². The third-order valence-corrected chi connectivity index (χ3v) is 8.21. The predicted molar refractivity (Wildman–Crippen MR) is 158 cm³/mol. The number of non-ortho nitro benzene ring substituents is 1. The van der Waals surface area contributed by atoms with E-state index in [1.165, 1.54) is 30.9 Å². The van der Waals surface area contributed by atoms with E-state index in [-0.39, 0.29) is 23.4 Å². The zero-order valence-corrected chi connectivity index (χ0v) is 25.3. The first-order chi connectivity index (χ1) is 20.2. The monoisotopic (exact) mass is 653 g/mol. The molecule has 0 spiro atoms. The van der Waals surface area contributed by atoms with E-state index in [9.17, 15) is 19.7 Å². The number of nitro groups is 1. The van der Waals surface area contributed by atoms with Crippen LogP contribution in [0.4, 0.5) is 5.69 Å². The number of thiazole rings is 1. The smallest absolute Gasteiger partial charge is 0.338 e. The maximum absolute atomic E-state index is 13.9. The molecule has 0 saturated heterocycles. The molecule has 0 N–H and O–H groups in total. The van der Waals surface area contributed by atoms with Crippen LogP contribution in [-0.2, 0) is 9.53 Å². The number of nitrogens with zero attached hydrogens (tertiary/aromatic N) is 3. The highest BCUT2D eigenvalue weighted by Gasteiger charge is 2.34. The molecule has 4 aromatic rings. The molecular weight excluding hydrogens is 630 g/mol. The van der Waals surface area contributed by atoms with Gasteiger partial charge in [0, 0.05) is 28.2 Å². The molecule has 2 aromatic heterocycles. The Hall–Kier alpha value is -4.49. The molecule has 0 bridgehead atoms. The fourth-order valence-electron chi connectivity index (χ4n) is 4.65. The Kier molecular flexibility index (Phi) is 8.14. The van der Waals surface area contributed by atoms with Crippen molar-refractivity contribution in [2.24, 2.45) is 4.99 Å². The van der Waals surface area contributed by atoms with E-state index in [2.05, 4.69) is 20.9 Å². The summed E-state index contributed by atoms with van der Waals surface area (Å²) in [6.45, 7) is 3.57. The number of halogens is 1. The average Bonchev–Trinajstić information content (AvgIpc) is 3.55. The number of nitro benzene ring substituents is 1. The van der Waals surface area contributed by atoms with Gasteiger partial charge in [-0.15, -0.1) is 0 Å². The normalized spacial score (nSPS) is 14.8. The Morgan fingerprint density at radius 3 is 2.60 bits per heavy atom. The first kappa shape index (κ1) is 29.0. The number of hydrogen-bond donors (Lipinski definition) is 0. The number of methoxy groups -OCH3 is 2. The van der Waals surface area contributed by atoms with Crippen molar-refractivity contribution in [3.8, 4) is 22.8 Å². The summed E-state index contributed by atoms with van der Waals surface area (Å²) in [5.74, 6) is 1.22. The molecule has 1 aliphatic rings. The van der Waals surface area contributed by atoms with Crippen LogP contribution in [0.15, 0.2) is 78.5 Å². The number of carbonyl (C=O) groups is 1. The predicted octanol–water partition coefficient (Wildman–Crippen LogP) is 4.75. The van der Waals surface area contributed by atoms with Crippen LogP contribution in [0.25, 0.3) is 17.4 Å². The number of aromatic nitrogens is 1. The molecule has 1 aliphatic heterocycles. The van der Waals surface area contributed by atoms with Crippen LogP contribution in [0.5, 0.6) is 11.5 Å². The highest BCUT2D eigenvalue weighted by atomic mass is 79.9. The molecular formula is C29H24BrN3O8S. The summed E-state index contributed by atoms with van der Waals surface area (Å²) >= 11 is 4.52. The lowest BCUT2D eigenvalue weighted by Crippen LogP contribution is -2.39. The number of furan rings is 1. The second kappa shape index (κ2) is 11.8. The number of rotatable bonds is 8. The highest BCUT2D eigenvalue weighted by Crippen LogP contribution is 2.36. The van der Waals surface area contributed by atoms with Gasteiger partial charge in [-0.05, 0) is 65.7 Å². The molecule has 11 nitrogen and oxygen atoms in total. The number of benzene rings is 2. The zero-order valence-electron chi connectivity index (χ0n) is 22.9. The SMILES string of the molecule is CCOC(=O)C1=C(C)N=c2s/c(=C\c3ccc(-c4ccc([N+](=O)[O-])cc4Br)o3)c(=O)n2[C@H]1c1ccc(OC)c(OC)c1. The number of esters is 1. The van der Waals surface area contributed by atoms with Gasteiger partial charge in [-0.1, -0.05) is 17.4 Å². The third-order valence-electron chi connectivity index (χ3n) is 6.57. The minimum Gasteiger partial charge on any atom is -0.493 e. The molecule has 5 rings (SSSR count). The number of carbonyl (C=O) groups excluding carboxylic acids is 1. The topological polar surface area (TPSA) is 135 Å². The van der Waals surface area contributed by atoms with E-state index in [4.69, 9.17) is 18.6 Å². The molecule has 216 valence electrons. The van der Waals surface area contributed by atoms with Crippen LogP contribution in [0.1, 0.15) is 31.2 Å². The van der Waals surface area contributed by atoms with E-state index >= 15 is 0 Å². The molecule has 0 radical (unpaired) electrons. The third kappa shape index (κ3) is 5.28. The number of allylic oxidation sites excluding steroid dienone is 1. The Bertz CT molecular complexity index is 1940. The average molecular weight is 654 g/mol. The van der Waals surface area contributed by atoms with Crippen LogP contribution in [0.2, 0.25) is 0 Å². The second-order valence-corrected chi connectivity index (χ2v) is 10.9. The van der Waals surface area contributed by atoms with Crippen molar-refractivity contribution in [3.05, 3.63) is 105 Å². The lowest BCUT2D eigenvalue weighted by Gasteiger charge is -2.25. The van der Waals surface area contributed by atoms with Gasteiger partial charge in [0.25, 0.3) is 11.2 Å². The van der Waals surface area contributed by atoms with Crippen LogP contribution < -0.4 is 24.4 Å². The van der Waals surface area contributed by atoms with E-state index in [0.29, 0.717) is 53.6 Å². The zero-order chi connectivity index (χ0) is 30.1. The molecule has 0 amide bonds. The molecule has 0 saturated carbocycles. The Balaban J connectivity index is 1.63. The largest absolute Gasteiger partial charge is 0.493 e. The molecule has 0 aliphatic carbocycles. The van der Waals surface area contributed by atoms with Crippen molar-refractivity contribution in [2.45, 2.75) is 19.9 Å². The molecule has 3 heterocycles. The molecule has 42 heavy (non-hydrogen) atoms. The van der Waals surface area contributed by atoms with E-state index in [0.717, 1.165) is 11.3 Å². The summed E-state index contributed by atoms with van der Waals surface area (Å²) in [6, 6.07) is 12.1. The second-order valence-electron chi connectivity index (χ2n) is 9.04. The van der Waals surface area contributed by atoms with Gasteiger partial charge >= 0.3 is 5.97 Å². The van der Waals surface area contributed by atoms with Crippen molar-refractivity contribution in [2.75, 3.05) is 20.8 Å². The van der Waals surface area contributed by atoms with E-state index in [1.807, 2.05) is 0 Å². The van der Waals surface area contributed by atoms with Gasteiger partial charge in [-0.25, -0.2) is 9.79 Å². The summed E-state index contributed by atoms with van der Waals surface area (Å²) in [5.41, 5.74) is 1.48. The van der Waals surface area contributed by atoms with E-state index < -0.39 is 16.9 Å². The highest BCUT2D eigenvalue weighted by molar-refractivity contribution is 9.10. The molecule has 1 atom stereocenters. The summed E-state index contributed by atoms with van der Waals surface area (Å²) in [4.78, 5) is 42.6. The van der Waals surface area contributed by atoms with Gasteiger partial charge in [-0.2, -0.15) is 0 Å². The van der Waals surface area contributed by atoms with E-state index in [1.54, 1.807) is 56.3 Å². The van der Waals surface area contributed by atoms with Gasteiger partial charge in [0.05, 0.1) is 47.6 Å². The fourth-order valence-corrected chi connectivity index (χ4v) is 6.24. The number of fused-ring (bicyclic) bond motifs is 1. The van der Waals surface area contributed by atoms with Gasteiger partial charge in [0.2, 0.25) is 0 Å². The van der Waals surface area contributed by atoms with Crippen LogP contribution in [-0.4, -0.2) is 36.3 Å². The molecule has 0 unspecified atom stereocenters. The lowest BCUT2D eigenvalue weighted by molar-refractivity contribution is -0.384. The summed E-state index contributed by atoms with van der Waals surface area (Å²) in [5, 5.41) is 11.1. The van der Waals surface area contributed by atoms with Gasteiger partial charge in [0.15, 0.2) is 16.3 Å². The minimum absolute atomic E-state index is 0.0555. The summed E-state index contributed by atoms with van der Waals surface area (Å²) < 4.78 is 24.5. The fraction of sp³-hybridized carbons (Fsp3) is 0.207. The Labute approximate surface area is 251 Å². The summed E-state index contributed by atoms with van der Waals surface area (Å²) in [7, 11) is 3.03. The van der Waals surface area contributed by atoms with Crippen molar-refractivity contribution in [1.29, 1.82) is 0 Å². The number of ether oxygens (including phenoxy) is 3. The quantitative estimate of drug-likeness (QED) is 0.151. The lowest BCUT2D eigenvalue weighted by atomic mass is 9.95. The molecule has 2 aromatic carbocycles. The first-order valence-corrected chi connectivity index (χ1v) is 14.2. The van der Waals surface area contributed by atoms with Gasteiger partial charge in [-0.3, -0.25) is 19.5 Å². The molecule has 0 fully saturated rings. The van der Waals surface area contributed by atoms with Crippen molar-refractivity contribution >= 4 is 45.0 Å². The van der Waals surface area contributed by atoms with Crippen molar-refractivity contribution < 1.29 is 28.3 Å².